The highest BCUT2D eigenvalue weighted by Gasteiger charge is 2.27. The first-order valence-corrected chi connectivity index (χ1v) is 9.71. The highest BCUT2D eigenvalue weighted by atomic mass is 35.5. The van der Waals surface area contributed by atoms with E-state index in [4.69, 9.17) is 23.2 Å². The summed E-state index contributed by atoms with van der Waals surface area (Å²) in [7, 11) is 0. The van der Waals surface area contributed by atoms with Crippen LogP contribution < -0.4 is 0 Å². The van der Waals surface area contributed by atoms with Crippen molar-refractivity contribution in [1.29, 1.82) is 0 Å². The van der Waals surface area contributed by atoms with E-state index in [1.807, 2.05) is 6.07 Å². The lowest BCUT2D eigenvalue weighted by atomic mass is 9.89. The molecule has 3 rings (SSSR count). The summed E-state index contributed by atoms with van der Waals surface area (Å²) in [6, 6.07) is 16.2. The van der Waals surface area contributed by atoms with E-state index < -0.39 is 6.10 Å². The summed E-state index contributed by atoms with van der Waals surface area (Å²) in [5.41, 5.74) is 2.25. The molecule has 4 heteroatoms. The smallest absolute Gasteiger partial charge is 0.0942 e. The van der Waals surface area contributed by atoms with E-state index in [9.17, 15) is 5.11 Å². The van der Waals surface area contributed by atoms with Crippen LogP contribution in [0.5, 0.6) is 0 Å². The molecule has 1 fully saturated rings. The van der Waals surface area contributed by atoms with Crippen LogP contribution in [-0.2, 0) is 6.42 Å². The first kappa shape index (κ1) is 18.7. The maximum absolute atomic E-state index is 10.7. The molecule has 1 saturated heterocycles. The molecular weight excluding hydrogens is 353 g/mol. The largest absolute Gasteiger partial charge is 0.387 e. The Hall–Kier alpha value is -1.06. The van der Waals surface area contributed by atoms with Gasteiger partial charge in [0.1, 0.15) is 0 Å². The highest BCUT2D eigenvalue weighted by Crippen LogP contribution is 2.30. The summed E-state index contributed by atoms with van der Waals surface area (Å²) in [4.78, 5) is 2.38. The normalized spacial score (nSPS) is 18.9. The van der Waals surface area contributed by atoms with Crippen molar-refractivity contribution in [1.82, 2.24) is 4.90 Å². The number of rotatable bonds is 5. The van der Waals surface area contributed by atoms with Gasteiger partial charge in [-0.15, -0.1) is 0 Å². The van der Waals surface area contributed by atoms with Gasteiger partial charge in [-0.25, -0.2) is 0 Å². The van der Waals surface area contributed by atoms with E-state index in [0.717, 1.165) is 31.0 Å². The molecule has 0 spiro atoms. The summed E-state index contributed by atoms with van der Waals surface area (Å²) in [5, 5.41) is 11.7. The number of piperidine rings is 1. The van der Waals surface area contributed by atoms with Crippen molar-refractivity contribution in [3.05, 3.63) is 69.7 Å². The van der Waals surface area contributed by atoms with Crippen LogP contribution in [0.15, 0.2) is 48.5 Å². The number of hydrogen-bond donors (Lipinski definition) is 1. The van der Waals surface area contributed by atoms with E-state index >= 15 is 0 Å². The maximum Gasteiger partial charge on any atom is 0.0942 e. The van der Waals surface area contributed by atoms with Gasteiger partial charge in [0, 0.05) is 6.04 Å². The average Bonchev–Trinajstić information content (AvgIpc) is 2.64. The van der Waals surface area contributed by atoms with Crippen LogP contribution in [-0.4, -0.2) is 29.1 Å². The molecule has 25 heavy (non-hydrogen) atoms. The number of halogens is 2. The molecule has 0 aromatic heterocycles. The van der Waals surface area contributed by atoms with Crippen molar-refractivity contribution < 1.29 is 5.11 Å². The van der Waals surface area contributed by atoms with Crippen molar-refractivity contribution in [2.24, 2.45) is 5.92 Å². The maximum atomic E-state index is 10.7. The van der Waals surface area contributed by atoms with Gasteiger partial charge in [0.05, 0.1) is 16.1 Å². The predicted octanol–water partition coefficient (Wildman–Crippen LogP) is 5.37. The number of aliphatic hydroxyl groups is 1. The molecule has 0 amide bonds. The van der Waals surface area contributed by atoms with E-state index in [1.54, 1.807) is 12.1 Å². The Morgan fingerprint density at radius 2 is 1.72 bits per heavy atom. The van der Waals surface area contributed by atoms with Crippen LogP contribution in [0.3, 0.4) is 0 Å². The molecule has 0 radical (unpaired) electrons. The van der Waals surface area contributed by atoms with Crippen LogP contribution in [0.2, 0.25) is 10.0 Å². The van der Waals surface area contributed by atoms with Gasteiger partial charge in [0.2, 0.25) is 0 Å². The zero-order chi connectivity index (χ0) is 17.8. The van der Waals surface area contributed by atoms with Crippen molar-refractivity contribution >= 4 is 23.2 Å². The summed E-state index contributed by atoms with van der Waals surface area (Å²) >= 11 is 12.1. The Labute approximate surface area is 160 Å². The lowest BCUT2D eigenvalue weighted by molar-refractivity contribution is 0.0373. The molecule has 134 valence electrons. The minimum absolute atomic E-state index is 0.0647. The van der Waals surface area contributed by atoms with Gasteiger partial charge in [0.15, 0.2) is 0 Å². The fourth-order valence-corrected chi connectivity index (χ4v) is 3.99. The molecule has 2 unspecified atom stereocenters. The summed E-state index contributed by atoms with van der Waals surface area (Å²) < 4.78 is 0. The second-order valence-corrected chi connectivity index (χ2v) is 7.84. The van der Waals surface area contributed by atoms with Gasteiger partial charge < -0.3 is 5.11 Å². The van der Waals surface area contributed by atoms with Crippen molar-refractivity contribution in [2.75, 3.05) is 13.1 Å². The number of nitrogens with zero attached hydrogens (tertiary/aromatic N) is 1. The molecule has 2 aromatic carbocycles. The fraction of sp³-hybridized carbons (Fsp3) is 0.429. The molecular formula is C21H25Cl2NO. The molecule has 1 aliphatic heterocycles. The fourth-order valence-electron chi connectivity index (χ4n) is 3.69. The quantitative estimate of drug-likeness (QED) is 0.756. The van der Waals surface area contributed by atoms with E-state index in [-0.39, 0.29) is 6.04 Å². The lowest BCUT2D eigenvalue weighted by Gasteiger charge is -2.38. The third-order valence-corrected chi connectivity index (χ3v) is 6.07. The Bertz CT molecular complexity index is 684. The van der Waals surface area contributed by atoms with Crippen molar-refractivity contribution in [2.45, 2.75) is 38.3 Å². The predicted molar refractivity (Wildman–Crippen MR) is 105 cm³/mol. The first-order chi connectivity index (χ1) is 12.0. The molecule has 1 heterocycles. The summed E-state index contributed by atoms with van der Waals surface area (Å²) in [6.07, 6.45) is 2.94. The van der Waals surface area contributed by atoms with Crippen LogP contribution in [0, 0.1) is 5.92 Å². The third-order valence-electron chi connectivity index (χ3n) is 5.33. The van der Waals surface area contributed by atoms with E-state index in [2.05, 4.69) is 42.2 Å². The van der Waals surface area contributed by atoms with Crippen LogP contribution >= 0.6 is 23.2 Å². The van der Waals surface area contributed by atoms with E-state index in [0.29, 0.717) is 10.0 Å². The molecule has 2 aromatic rings. The number of benzene rings is 2. The Balaban J connectivity index is 1.55. The van der Waals surface area contributed by atoms with Crippen LogP contribution in [0.25, 0.3) is 0 Å². The Kier molecular flexibility index (Phi) is 6.40. The zero-order valence-corrected chi connectivity index (χ0v) is 16.0. The molecule has 1 N–H and O–H groups in total. The second kappa shape index (κ2) is 8.55. The first-order valence-electron chi connectivity index (χ1n) is 8.95. The van der Waals surface area contributed by atoms with Gasteiger partial charge in [-0.05, 0) is 68.5 Å². The van der Waals surface area contributed by atoms with Crippen LogP contribution in [0.4, 0.5) is 0 Å². The van der Waals surface area contributed by atoms with Gasteiger partial charge in [-0.1, -0.05) is 59.6 Å². The molecule has 2 atom stereocenters. The highest BCUT2D eigenvalue weighted by molar-refractivity contribution is 6.42. The molecule has 2 nitrogen and oxygen atoms in total. The molecule has 0 saturated carbocycles. The monoisotopic (exact) mass is 377 g/mol. The zero-order valence-electron chi connectivity index (χ0n) is 14.5. The SMILES string of the molecule is CC(C(O)c1ccc(Cl)c(Cl)c1)N1CCC(Cc2ccccc2)CC1. The lowest BCUT2D eigenvalue weighted by Crippen LogP contribution is -2.43. The van der Waals surface area contributed by atoms with Gasteiger partial charge in [-0.2, -0.15) is 0 Å². The van der Waals surface area contributed by atoms with Gasteiger partial charge in [0.25, 0.3) is 0 Å². The third kappa shape index (κ3) is 4.77. The second-order valence-electron chi connectivity index (χ2n) is 7.03. The number of aliphatic hydroxyl groups excluding tert-OH is 1. The number of hydrogen-bond acceptors (Lipinski definition) is 2. The minimum atomic E-state index is -0.555. The summed E-state index contributed by atoms with van der Waals surface area (Å²) in [5.74, 6) is 0.730. The van der Waals surface area contributed by atoms with Crippen LogP contribution in [0.1, 0.15) is 37.0 Å². The molecule has 0 bridgehead atoms. The van der Waals surface area contributed by atoms with Crippen molar-refractivity contribution in [3.8, 4) is 0 Å². The standard InChI is InChI=1S/C21H25Cl2NO/c1-15(21(25)18-7-8-19(22)20(23)14-18)24-11-9-17(10-12-24)13-16-5-3-2-4-6-16/h2-8,14-15,17,21,25H,9-13H2,1H3. The molecule has 1 aliphatic rings. The number of likely N-dealkylation sites (tertiary alicyclic amines) is 1. The van der Waals surface area contributed by atoms with E-state index in [1.165, 1.54) is 18.4 Å². The topological polar surface area (TPSA) is 23.5 Å². The van der Waals surface area contributed by atoms with Gasteiger partial charge in [-0.3, -0.25) is 4.90 Å². The van der Waals surface area contributed by atoms with Crippen molar-refractivity contribution in [3.63, 3.8) is 0 Å². The average molecular weight is 378 g/mol. The Morgan fingerprint density at radius 1 is 1.04 bits per heavy atom. The summed E-state index contributed by atoms with van der Waals surface area (Å²) in [6.45, 7) is 4.14. The minimum Gasteiger partial charge on any atom is -0.387 e. The Morgan fingerprint density at radius 3 is 2.36 bits per heavy atom. The molecule has 0 aliphatic carbocycles. The van der Waals surface area contributed by atoms with Gasteiger partial charge >= 0.3 is 0 Å².